The van der Waals surface area contributed by atoms with Crippen LogP contribution in [0.5, 0.6) is 0 Å². The van der Waals surface area contributed by atoms with E-state index in [4.69, 9.17) is 17.3 Å². The number of rotatable bonds is 1. The summed E-state index contributed by atoms with van der Waals surface area (Å²) in [4.78, 5) is 8.31. The van der Waals surface area contributed by atoms with Gasteiger partial charge in [-0.25, -0.2) is 9.97 Å². The molecular weight excluding hydrogens is 218 g/mol. The van der Waals surface area contributed by atoms with Crippen LogP contribution in [0.15, 0.2) is 17.6 Å². The molecule has 72 valence electrons. The van der Waals surface area contributed by atoms with Gasteiger partial charge >= 0.3 is 0 Å². The van der Waals surface area contributed by atoms with Crippen LogP contribution in [0.3, 0.4) is 0 Å². The molecule has 0 aliphatic heterocycles. The SMILES string of the molecule is Cc1csc(-c2cnc(N)cc2Cl)n1. The summed E-state index contributed by atoms with van der Waals surface area (Å²) in [5.74, 6) is 0.423. The van der Waals surface area contributed by atoms with E-state index < -0.39 is 0 Å². The Morgan fingerprint density at radius 2 is 2.29 bits per heavy atom. The topological polar surface area (TPSA) is 51.8 Å². The van der Waals surface area contributed by atoms with Crippen LogP contribution in [-0.4, -0.2) is 9.97 Å². The summed E-state index contributed by atoms with van der Waals surface area (Å²) in [6.07, 6.45) is 1.65. The molecule has 0 fully saturated rings. The van der Waals surface area contributed by atoms with Crippen molar-refractivity contribution in [3.63, 3.8) is 0 Å². The average Bonchev–Trinajstić information content (AvgIpc) is 2.51. The fourth-order valence-electron chi connectivity index (χ4n) is 1.08. The van der Waals surface area contributed by atoms with Crippen molar-refractivity contribution in [2.24, 2.45) is 0 Å². The molecule has 0 saturated carbocycles. The second kappa shape index (κ2) is 3.55. The second-order valence-corrected chi connectivity index (χ2v) is 4.15. The predicted octanol–water partition coefficient (Wildman–Crippen LogP) is 2.75. The monoisotopic (exact) mass is 225 g/mol. The Bertz CT molecular complexity index is 467. The van der Waals surface area contributed by atoms with Gasteiger partial charge < -0.3 is 5.73 Å². The molecule has 0 spiro atoms. The number of nitrogen functional groups attached to an aromatic ring is 1. The molecule has 0 atom stereocenters. The molecule has 5 heteroatoms. The van der Waals surface area contributed by atoms with E-state index >= 15 is 0 Å². The lowest BCUT2D eigenvalue weighted by atomic mass is 10.3. The van der Waals surface area contributed by atoms with Gasteiger partial charge in [-0.15, -0.1) is 11.3 Å². The van der Waals surface area contributed by atoms with E-state index in [1.54, 1.807) is 23.6 Å². The van der Waals surface area contributed by atoms with Crippen LogP contribution in [0.25, 0.3) is 10.6 Å². The number of pyridine rings is 1. The van der Waals surface area contributed by atoms with Crippen molar-refractivity contribution in [3.8, 4) is 10.6 Å². The zero-order valence-corrected chi connectivity index (χ0v) is 9.06. The number of hydrogen-bond donors (Lipinski definition) is 1. The number of halogens is 1. The zero-order chi connectivity index (χ0) is 10.1. The lowest BCUT2D eigenvalue weighted by Gasteiger charge is -1.99. The molecule has 0 aliphatic rings. The summed E-state index contributed by atoms with van der Waals surface area (Å²) >= 11 is 7.57. The van der Waals surface area contributed by atoms with Crippen molar-refractivity contribution in [3.05, 3.63) is 28.4 Å². The van der Waals surface area contributed by atoms with Crippen molar-refractivity contribution < 1.29 is 0 Å². The van der Waals surface area contributed by atoms with E-state index in [0.29, 0.717) is 10.8 Å². The van der Waals surface area contributed by atoms with Gasteiger partial charge in [-0.2, -0.15) is 0 Å². The quantitative estimate of drug-likeness (QED) is 0.812. The third kappa shape index (κ3) is 1.71. The predicted molar refractivity (Wildman–Crippen MR) is 59.5 cm³/mol. The van der Waals surface area contributed by atoms with Gasteiger partial charge in [0.25, 0.3) is 0 Å². The smallest absolute Gasteiger partial charge is 0.126 e. The molecule has 0 unspecified atom stereocenters. The maximum absolute atomic E-state index is 6.02. The zero-order valence-electron chi connectivity index (χ0n) is 7.49. The molecule has 0 radical (unpaired) electrons. The highest BCUT2D eigenvalue weighted by molar-refractivity contribution is 7.13. The van der Waals surface area contributed by atoms with Crippen molar-refractivity contribution in [2.45, 2.75) is 6.92 Å². The lowest BCUT2D eigenvalue weighted by molar-refractivity contribution is 1.25. The lowest BCUT2D eigenvalue weighted by Crippen LogP contribution is -1.90. The number of nitrogens with zero attached hydrogens (tertiary/aromatic N) is 2. The summed E-state index contributed by atoms with van der Waals surface area (Å²) < 4.78 is 0. The van der Waals surface area contributed by atoms with Crippen molar-refractivity contribution in [1.82, 2.24) is 9.97 Å². The van der Waals surface area contributed by atoms with Crippen molar-refractivity contribution in [2.75, 3.05) is 5.73 Å². The Hall–Kier alpha value is -1.13. The Labute approximate surface area is 90.6 Å². The van der Waals surface area contributed by atoms with Crippen LogP contribution in [0.2, 0.25) is 5.02 Å². The van der Waals surface area contributed by atoms with E-state index in [9.17, 15) is 0 Å². The normalized spacial score (nSPS) is 10.4. The summed E-state index contributed by atoms with van der Waals surface area (Å²) in [7, 11) is 0. The fourth-order valence-corrected chi connectivity index (χ4v) is 2.21. The van der Waals surface area contributed by atoms with Crippen LogP contribution >= 0.6 is 22.9 Å². The molecule has 0 aliphatic carbocycles. The minimum absolute atomic E-state index is 0.423. The standard InChI is InChI=1S/C9H8ClN3S/c1-5-4-14-9(13-5)6-3-12-8(11)2-7(6)10/h2-4H,1H3,(H2,11,12). The van der Waals surface area contributed by atoms with Crippen molar-refractivity contribution in [1.29, 1.82) is 0 Å². The number of nitrogens with two attached hydrogens (primary N) is 1. The molecule has 0 saturated heterocycles. The number of aromatic nitrogens is 2. The molecule has 2 rings (SSSR count). The third-order valence-corrected chi connectivity index (χ3v) is 3.03. The molecule has 2 heterocycles. The van der Waals surface area contributed by atoms with Gasteiger partial charge in [0, 0.05) is 22.8 Å². The Morgan fingerprint density at radius 3 is 2.86 bits per heavy atom. The molecule has 0 amide bonds. The molecular formula is C9H8ClN3S. The summed E-state index contributed by atoms with van der Waals surface area (Å²) in [5, 5.41) is 3.44. The highest BCUT2D eigenvalue weighted by atomic mass is 35.5. The summed E-state index contributed by atoms with van der Waals surface area (Å²) in [6.45, 7) is 1.94. The summed E-state index contributed by atoms with van der Waals surface area (Å²) in [6, 6.07) is 1.63. The molecule has 2 N–H and O–H groups in total. The average molecular weight is 226 g/mol. The third-order valence-electron chi connectivity index (χ3n) is 1.72. The maximum atomic E-state index is 6.02. The molecule has 2 aromatic heterocycles. The second-order valence-electron chi connectivity index (χ2n) is 2.88. The molecule has 0 bridgehead atoms. The largest absolute Gasteiger partial charge is 0.384 e. The number of aryl methyl sites for hydroxylation is 1. The number of anilines is 1. The Balaban J connectivity index is 2.52. The van der Waals surface area contributed by atoms with E-state index in [-0.39, 0.29) is 0 Å². The number of hydrogen-bond acceptors (Lipinski definition) is 4. The first-order chi connectivity index (χ1) is 6.66. The summed E-state index contributed by atoms with van der Waals surface area (Å²) in [5.41, 5.74) is 7.31. The van der Waals surface area contributed by atoms with Crippen LogP contribution in [-0.2, 0) is 0 Å². The van der Waals surface area contributed by atoms with Crippen LogP contribution < -0.4 is 5.73 Å². The van der Waals surface area contributed by atoms with Gasteiger partial charge in [-0.1, -0.05) is 11.6 Å². The van der Waals surface area contributed by atoms with Gasteiger partial charge in [-0.3, -0.25) is 0 Å². The van der Waals surface area contributed by atoms with Crippen LogP contribution in [0, 0.1) is 6.92 Å². The first kappa shape index (κ1) is 9.43. The minimum Gasteiger partial charge on any atom is -0.384 e. The first-order valence-electron chi connectivity index (χ1n) is 4.00. The highest BCUT2D eigenvalue weighted by Gasteiger charge is 2.07. The molecule has 2 aromatic rings. The molecule has 14 heavy (non-hydrogen) atoms. The van der Waals surface area contributed by atoms with Gasteiger partial charge in [0.05, 0.1) is 5.02 Å². The molecule has 0 aromatic carbocycles. The minimum atomic E-state index is 0.423. The highest BCUT2D eigenvalue weighted by Crippen LogP contribution is 2.30. The van der Waals surface area contributed by atoms with Gasteiger partial charge in [-0.05, 0) is 13.0 Å². The van der Waals surface area contributed by atoms with E-state index in [1.165, 1.54) is 0 Å². The van der Waals surface area contributed by atoms with Crippen molar-refractivity contribution >= 4 is 28.8 Å². The van der Waals surface area contributed by atoms with Crippen LogP contribution in [0.4, 0.5) is 5.82 Å². The molecule has 3 nitrogen and oxygen atoms in total. The maximum Gasteiger partial charge on any atom is 0.126 e. The Kier molecular flexibility index (Phi) is 2.39. The van der Waals surface area contributed by atoms with E-state index in [2.05, 4.69) is 9.97 Å². The Morgan fingerprint density at radius 1 is 1.50 bits per heavy atom. The van der Waals surface area contributed by atoms with Crippen LogP contribution in [0.1, 0.15) is 5.69 Å². The van der Waals surface area contributed by atoms with E-state index in [1.807, 2.05) is 12.3 Å². The van der Waals surface area contributed by atoms with Gasteiger partial charge in [0.15, 0.2) is 0 Å². The van der Waals surface area contributed by atoms with Gasteiger partial charge in [0.2, 0.25) is 0 Å². The van der Waals surface area contributed by atoms with Gasteiger partial charge in [0.1, 0.15) is 10.8 Å². The first-order valence-corrected chi connectivity index (χ1v) is 5.26. The fraction of sp³-hybridized carbons (Fsp3) is 0.111. The number of thiazole rings is 1. The van der Waals surface area contributed by atoms with E-state index in [0.717, 1.165) is 16.3 Å².